The second-order valence-electron chi connectivity index (χ2n) is 12.4. The number of nitrogens with zero attached hydrogens (tertiary/aromatic N) is 2. The van der Waals surface area contributed by atoms with Gasteiger partial charge in [0, 0.05) is 48.2 Å². The summed E-state index contributed by atoms with van der Waals surface area (Å²) in [7, 11) is 0. The summed E-state index contributed by atoms with van der Waals surface area (Å²) < 4.78 is 9.11. The second kappa shape index (κ2) is 11.2. The molecule has 0 aliphatic rings. The molecule has 8 aromatic carbocycles. The van der Waals surface area contributed by atoms with Gasteiger partial charge < -0.3 is 9.32 Å². The molecule has 0 atom stereocenters. The van der Waals surface area contributed by atoms with Gasteiger partial charge in [0.25, 0.3) is 0 Å². The maximum Gasteiger partial charge on any atom is 0.227 e. The van der Waals surface area contributed by atoms with Crippen molar-refractivity contribution >= 4 is 81.2 Å². The predicted molar refractivity (Wildman–Crippen MR) is 207 cm³/mol. The second-order valence-corrected chi connectivity index (χ2v) is 13.4. The van der Waals surface area contributed by atoms with E-state index in [9.17, 15) is 0 Å². The standard InChI is InChI=1S/C45H28N2OS/c1-3-10-31(11-4-1)45-46-40-27-22-30-18-19-32-28-35(25-26-36(32)42(30)43(40)48-45)47(33-12-5-2-6-13-33)34-23-20-29(21-24-34)37-15-9-16-39-38-14-7-8-17-41(38)49-44(37)39/h1-28H. The molecular weight excluding hydrogens is 617 g/mol. The van der Waals surface area contributed by atoms with E-state index in [1.165, 1.54) is 31.3 Å². The highest BCUT2D eigenvalue weighted by molar-refractivity contribution is 7.26. The Morgan fingerprint density at radius 2 is 1.18 bits per heavy atom. The molecule has 0 saturated heterocycles. The molecule has 0 N–H and O–H groups in total. The lowest BCUT2D eigenvalue weighted by atomic mass is 10.00. The van der Waals surface area contributed by atoms with Crippen molar-refractivity contribution < 1.29 is 4.42 Å². The van der Waals surface area contributed by atoms with Gasteiger partial charge in [-0.3, -0.25) is 0 Å². The number of thiophene rings is 1. The molecule has 2 heterocycles. The van der Waals surface area contributed by atoms with Gasteiger partial charge in [0.2, 0.25) is 5.89 Å². The first kappa shape index (κ1) is 27.8. The van der Waals surface area contributed by atoms with Crippen LogP contribution in [0.15, 0.2) is 174 Å². The first-order chi connectivity index (χ1) is 24.3. The monoisotopic (exact) mass is 644 g/mol. The van der Waals surface area contributed by atoms with E-state index in [0.717, 1.165) is 55.3 Å². The van der Waals surface area contributed by atoms with Crippen LogP contribution >= 0.6 is 11.3 Å². The number of aromatic nitrogens is 1. The van der Waals surface area contributed by atoms with Crippen LogP contribution in [0.25, 0.3) is 75.4 Å². The molecule has 10 rings (SSSR count). The molecular formula is C45H28N2OS. The first-order valence-corrected chi connectivity index (χ1v) is 17.3. The third kappa shape index (κ3) is 4.61. The van der Waals surface area contributed by atoms with E-state index in [2.05, 4.69) is 144 Å². The minimum atomic E-state index is 0.638. The van der Waals surface area contributed by atoms with Gasteiger partial charge in [-0.25, -0.2) is 4.98 Å². The van der Waals surface area contributed by atoms with E-state index < -0.39 is 0 Å². The molecule has 0 saturated carbocycles. The summed E-state index contributed by atoms with van der Waals surface area (Å²) >= 11 is 1.87. The van der Waals surface area contributed by atoms with Crippen LogP contribution in [-0.2, 0) is 0 Å². The lowest BCUT2D eigenvalue weighted by Gasteiger charge is -2.26. The number of fused-ring (bicyclic) bond motifs is 8. The zero-order chi connectivity index (χ0) is 32.3. The van der Waals surface area contributed by atoms with Crippen LogP contribution in [0.3, 0.4) is 0 Å². The summed E-state index contributed by atoms with van der Waals surface area (Å²) in [5, 5.41) is 7.14. The zero-order valence-corrected chi connectivity index (χ0v) is 27.2. The van der Waals surface area contributed by atoms with E-state index >= 15 is 0 Å². The highest BCUT2D eigenvalue weighted by atomic mass is 32.1. The Hall–Kier alpha value is -6.23. The summed E-state index contributed by atoms with van der Waals surface area (Å²) in [4.78, 5) is 7.18. The van der Waals surface area contributed by atoms with Crippen LogP contribution in [-0.4, -0.2) is 4.98 Å². The minimum Gasteiger partial charge on any atom is -0.435 e. The Labute approximate surface area is 286 Å². The number of rotatable bonds is 5. The lowest BCUT2D eigenvalue weighted by molar-refractivity contribution is 0.623. The number of para-hydroxylation sites is 1. The van der Waals surface area contributed by atoms with E-state index in [1.54, 1.807) is 0 Å². The molecule has 0 radical (unpaired) electrons. The van der Waals surface area contributed by atoms with Crippen molar-refractivity contribution in [2.75, 3.05) is 4.90 Å². The Kier molecular flexibility index (Phi) is 6.36. The molecule has 0 bridgehead atoms. The quantitative estimate of drug-likeness (QED) is 0.175. The average Bonchev–Trinajstić information content (AvgIpc) is 3.78. The van der Waals surface area contributed by atoms with Gasteiger partial charge in [0.05, 0.1) is 0 Å². The average molecular weight is 645 g/mol. The number of oxazole rings is 1. The topological polar surface area (TPSA) is 29.3 Å². The maximum atomic E-state index is 6.46. The maximum absolute atomic E-state index is 6.46. The van der Waals surface area contributed by atoms with Crippen molar-refractivity contribution in [2.24, 2.45) is 0 Å². The summed E-state index contributed by atoms with van der Waals surface area (Å²) in [6.45, 7) is 0. The van der Waals surface area contributed by atoms with Gasteiger partial charge in [0.1, 0.15) is 5.52 Å². The Morgan fingerprint density at radius 3 is 2.04 bits per heavy atom. The molecule has 230 valence electrons. The van der Waals surface area contributed by atoms with Crippen molar-refractivity contribution in [3.05, 3.63) is 170 Å². The van der Waals surface area contributed by atoms with Crippen LogP contribution in [0.5, 0.6) is 0 Å². The first-order valence-electron chi connectivity index (χ1n) is 16.5. The van der Waals surface area contributed by atoms with Gasteiger partial charge in [-0.15, -0.1) is 11.3 Å². The van der Waals surface area contributed by atoms with Crippen molar-refractivity contribution in [1.82, 2.24) is 4.98 Å². The van der Waals surface area contributed by atoms with Crippen molar-refractivity contribution in [3.8, 4) is 22.6 Å². The molecule has 0 aliphatic carbocycles. The van der Waals surface area contributed by atoms with Gasteiger partial charge in [-0.1, -0.05) is 109 Å². The fourth-order valence-corrected chi connectivity index (χ4v) is 8.39. The highest BCUT2D eigenvalue weighted by Crippen LogP contribution is 2.42. The Morgan fingerprint density at radius 1 is 0.490 bits per heavy atom. The molecule has 4 heteroatoms. The number of hydrogen-bond donors (Lipinski definition) is 0. The third-order valence-corrected chi connectivity index (χ3v) is 10.7. The predicted octanol–water partition coefficient (Wildman–Crippen LogP) is 13.3. The third-order valence-electron chi connectivity index (χ3n) is 9.47. The molecule has 0 unspecified atom stereocenters. The number of hydrogen-bond acceptors (Lipinski definition) is 4. The van der Waals surface area contributed by atoms with Crippen LogP contribution in [0.2, 0.25) is 0 Å². The Balaban J connectivity index is 1.09. The molecule has 2 aromatic heterocycles. The minimum absolute atomic E-state index is 0.638. The molecule has 0 spiro atoms. The van der Waals surface area contributed by atoms with Crippen LogP contribution in [0, 0.1) is 0 Å². The van der Waals surface area contributed by atoms with Crippen molar-refractivity contribution in [2.45, 2.75) is 0 Å². The van der Waals surface area contributed by atoms with Crippen molar-refractivity contribution in [3.63, 3.8) is 0 Å². The smallest absolute Gasteiger partial charge is 0.227 e. The summed E-state index contributed by atoms with van der Waals surface area (Å²) in [6.07, 6.45) is 0. The Bertz CT molecular complexity index is 2820. The van der Waals surface area contributed by atoms with Crippen LogP contribution < -0.4 is 4.90 Å². The zero-order valence-electron chi connectivity index (χ0n) is 26.4. The molecule has 10 aromatic rings. The molecule has 3 nitrogen and oxygen atoms in total. The summed E-state index contributed by atoms with van der Waals surface area (Å²) in [6, 6.07) is 60.3. The molecule has 0 fully saturated rings. The number of anilines is 3. The van der Waals surface area contributed by atoms with Gasteiger partial charge in [0.15, 0.2) is 5.58 Å². The molecule has 49 heavy (non-hydrogen) atoms. The van der Waals surface area contributed by atoms with Crippen LogP contribution in [0.1, 0.15) is 0 Å². The lowest BCUT2D eigenvalue weighted by Crippen LogP contribution is -2.09. The van der Waals surface area contributed by atoms with Gasteiger partial charge in [-0.2, -0.15) is 0 Å². The van der Waals surface area contributed by atoms with E-state index in [0.29, 0.717) is 5.89 Å². The van der Waals surface area contributed by atoms with E-state index in [-0.39, 0.29) is 0 Å². The summed E-state index contributed by atoms with van der Waals surface area (Å²) in [5.74, 6) is 0.638. The largest absolute Gasteiger partial charge is 0.435 e. The molecule has 0 amide bonds. The normalized spacial score (nSPS) is 11.7. The van der Waals surface area contributed by atoms with Crippen LogP contribution in [0.4, 0.5) is 17.1 Å². The summed E-state index contributed by atoms with van der Waals surface area (Å²) in [5.41, 5.74) is 8.43. The van der Waals surface area contributed by atoms with Gasteiger partial charge >= 0.3 is 0 Å². The fourth-order valence-electron chi connectivity index (χ4n) is 7.15. The number of benzene rings is 8. The van der Waals surface area contributed by atoms with E-state index in [1.807, 2.05) is 41.7 Å². The fraction of sp³-hybridized carbons (Fsp3) is 0. The molecule has 0 aliphatic heterocycles. The van der Waals surface area contributed by atoms with E-state index in [4.69, 9.17) is 9.40 Å². The van der Waals surface area contributed by atoms with Crippen molar-refractivity contribution in [1.29, 1.82) is 0 Å². The highest BCUT2D eigenvalue weighted by Gasteiger charge is 2.17. The van der Waals surface area contributed by atoms with Gasteiger partial charge in [-0.05, 0) is 87.9 Å². The SMILES string of the molecule is c1ccc(-c2nc3ccc4ccc5cc(N(c6ccccc6)c6ccc(-c7cccc8c7sc7ccccc78)cc6)ccc5c4c3o2)cc1.